The van der Waals surface area contributed by atoms with Crippen LogP contribution in [0.4, 0.5) is 15.2 Å². The Kier molecular flexibility index (Phi) is 5.67. The first-order valence-electron chi connectivity index (χ1n) is 9.38. The maximum atomic E-state index is 13.1. The summed E-state index contributed by atoms with van der Waals surface area (Å²) in [5, 5.41) is 22.3. The number of anilines is 1. The largest absolute Gasteiger partial charge is 0.327 e. The lowest BCUT2D eigenvalue weighted by molar-refractivity contribution is -0.384. The van der Waals surface area contributed by atoms with Gasteiger partial charge in [-0.2, -0.15) is 0 Å². The number of amides is 2. The van der Waals surface area contributed by atoms with Crippen LogP contribution >= 0.6 is 11.3 Å². The molecule has 0 aliphatic carbocycles. The van der Waals surface area contributed by atoms with Crippen LogP contribution in [-0.2, 0) is 4.79 Å². The number of likely N-dealkylation sites (tertiary alicyclic amines) is 1. The maximum Gasteiger partial charge on any atom is 0.269 e. The highest BCUT2D eigenvalue weighted by Gasteiger charge is 2.35. The molecule has 11 heteroatoms. The summed E-state index contributed by atoms with van der Waals surface area (Å²) in [7, 11) is 0. The van der Waals surface area contributed by atoms with Crippen molar-refractivity contribution < 1.29 is 18.9 Å². The van der Waals surface area contributed by atoms with Crippen molar-refractivity contribution in [2.75, 3.05) is 11.9 Å². The molecule has 2 heterocycles. The predicted octanol–water partition coefficient (Wildman–Crippen LogP) is 3.50. The Balaban J connectivity index is 1.45. The molecule has 1 saturated heterocycles. The lowest BCUT2D eigenvalue weighted by atomic mass is 10.1. The topological polar surface area (TPSA) is 118 Å². The lowest BCUT2D eigenvalue weighted by Gasteiger charge is -2.23. The molecule has 3 aromatic rings. The molecule has 9 nitrogen and oxygen atoms in total. The molecule has 2 amide bonds. The zero-order chi connectivity index (χ0) is 22.0. The number of hydrogen-bond donors (Lipinski definition) is 1. The Morgan fingerprint density at radius 2 is 1.84 bits per heavy atom. The fourth-order valence-corrected chi connectivity index (χ4v) is 4.10. The number of carbonyl (C=O) groups is 2. The van der Waals surface area contributed by atoms with Crippen LogP contribution in [0.5, 0.6) is 0 Å². The number of nitro benzene ring substituents is 1. The van der Waals surface area contributed by atoms with Gasteiger partial charge in [0, 0.05) is 29.8 Å². The second-order valence-corrected chi connectivity index (χ2v) is 7.85. The number of aromatic nitrogens is 2. The molecular weight excluding hydrogens is 425 g/mol. The quantitative estimate of drug-likeness (QED) is 0.478. The molecule has 0 spiro atoms. The third kappa shape index (κ3) is 4.40. The first-order chi connectivity index (χ1) is 14.9. The van der Waals surface area contributed by atoms with E-state index in [2.05, 4.69) is 15.5 Å². The fourth-order valence-electron chi connectivity index (χ4n) is 3.35. The van der Waals surface area contributed by atoms with Gasteiger partial charge in [0.25, 0.3) is 11.6 Å². The Hall–Kier alpha value is -3.73. The normalized spacial score (nSPS) is 15.6. The van der Waals surface area contributed by atoms with Gasteiger partial charge in [0.15, 0.2) is 0 Å². The first kappa shape index (κ1) is 20.5. The molecule has 31 heavy (non-hydrogen) atoms. The molecule has 1 atom stereocenters. The van der Waals surface area contributed by atoms with E-state index in [9.17, 15) is 24.1 Å². The number of carbonyl (C=O) groups excluding carboxylic acids is 2. The smallest absolute Gasteiger partial charge is 0.269 e. The summed E-state index contributed by atoms with van der Waals surface area (Å²) < 4.78 is 13.1. The molecule has 1 N–H and O–H groups in total. The van der Waals surface area contributed by atoms with Crippen LogP contribution in [0.3, 0.4) is 0 Å². The molecular formula is C20H16FN5O4S. The summed E-state index contributed by atoms with van der Waals surface area (Å²) in [6.45, 7) is 0.408. The van der Waals surface area contributed by atoms with E-state index in [1.54, 1.807) is 12.1 Å². The Bertz CT molecular complexity index is 1130. The van der Waals surface area contributed by atoms with Crippen molar-refractivity contribution in [3.8, 4) is 10.6 Å². The Morgan fingerprint density at radius 3 is 2.52 bits per heavy atom. The van der Waals surface area contributed by atoms with Gasteiger partial charge in [0.2, 0.25) is 11.0 Å². The van der Waals surface area contributed by atoms with E-state index in [0.717, 1.165) is 11.3 Å². The number of nitrogens with zero attached hydrogens (tertiary/aromatic N) is 4. The van der Waals surface area contributed by atoms with Crippen LogP contribution < -0.4 is 5.32 Å². The van der Waals surface area contributed by atoms with Crippen LogP contribution in [-0.4, -0.2) is 44.4 Å². The molecule has 158 valence electrons. The molecule has 4 rings (SSSR count). The average Bonchev–Trinajstić information content (AvgIpc) is 3.44. The van der Waals surface area contributed by atoms with Gasteiger partial charge in [-0.1, -0.05) is 11.3 Å². The number of benzene rings is 2. The highest BCUT2D eigenvalue weighted by molar-refractivity contribution is 7.18. The fraction of sp³-hybridized carbons (Fsp3) is 0.200. The van der Waals surface area contributed by atoms with E-state index in [1.807, 2.05) is 0 Å². The Morgan fingerprint density at radius 1 is 1.13 bits per heavy atom. The molecule has 2 aromatic carbocycles. The average molecular weight is 441 g/mol. The minimum absolute atomic E-state index is 0.111. The zero-order valence-electron chi connectivity index (χ0n) is 16.0. The minimum Gasteiger partial charge on any atom is -0.327 e. The third-order valence-corrected chi connectivity index (χ3v) is 5.78. The van der Waals surface area contributed by atoms with Gasteiger partial charge in [0.05, 0.1) is 4.92 Å². The van der Waals surface area contributed by atoms with Gasteiger partial charge in [-0.05, 0) is 49.2 Å². The number of nitrogens with one attached hydrogen (secondary N) is 1. The molecule has 1 aliphatic rings. The summed E-state index contributed by atoms with van der Waals surface area (Å²) in [4.78, 5) is 37.3. The standard InChI is InChI=1S/C20H16FN5O4S/c21-14-7-3-12(4-8-14)18-23-24-20(31-18)22-17(27)16-2-1-11-25(16)19(28)13-5-9-15(10-6-13)26(29)30/h3-10,16H,1-2,11H2,(H,22,24,27). The van der Waals surface area contributed by atoms with E-state index in [0.29, 0.717) is 30.0 Å². The van der Waals surface area contributed by atoms with E-state index in [4.69, 9.17) is 0 Å². The van der Waals surface area contributed by atoms with Gasteiger partial charge in [-0.25, -0.2) is 4.39 Å². The number of halogens is 1. The third-order valence-electron chi connectivity index (χ3n) is 4.89. The number of hydrogen-bond acceptors (Lipinski definition) is 7. The van der Waals surface area contributed by atoms with Gasteiger partial charge in [-0.15, -0.1) is 10.2 Å². The number of nitro groups is 1. The van der Waals surface area contributed by atoms with Crippen LogP contribution in [0.15, 0.2) is 48.5 Å². The summed E-state index contributed by atoms with van der Waals surface area (Å²) >= 11 is 1.15. The SMILES string of the molecule is O=C(Nc1nnc(-c2ccc(F)cc2)s1)C1CCCN1C(=O)c1ccc([N+](=O)[O-])cc1. The van der Waals surface area contributed by atoms with E-state index >= 15 is 0 Å². The first-order valence-corrected chi connectivity index (χ1v) is 10.2. The summed E-state index contributed by atoms with van der Waals surface area (Å²) in [6.07, 6.45) is 1.15. The van der Waals surface area contributed by atoms with Crippen LogP contribution in [0.25, 0.3) is 10.6 Å². The minimum atomic E-state index is -0.680. The van der Waals surface area contributed by atoms with Crippen LogP contribution in [0, 0.1) is 15.9 Å². The van der Waals surface area contributed by atoms with Gasteiger partial charge in [-0.3, -0.25) is 25.0 Å². The molecule has 0 radical (unpaired) electrons. The highest BCUT2D eigenvalue weighted by atomic mass is 32.1. The van der Waals surface area contributed by atoms with Crippen molar-refractivity contribution in [2.45, 2.75) is 18.9 Å². The van der Waals surface area contributed by atoms with Gasteiger partial charge >= 0.3 is 0 Å². The molecule has 1 aromatic heterocycles. The molecule has 1 unspecified atom stereocenters. The molecule has 1 fully saturated rings. The van der Waals surface area contributed by atoms with Crippen molar-refractivity contribution in [1.82, 2.24) is 15.1 Å². The monoisotopic (exact) mass is 441 g/mol. The van der Waals surface area contributed by atoms with Crippen molar-refractivity contribution in [3.63, 3.8) is 0 Å². The Labute approximate surface area is 179 Å². The van der Waals surface area contributed by atoms with Crippen molar-refractivity contribution in [3.05, 3.63) is 70.0 Å². The van der Waals surface area contributed by atoms with E-state index < -0.39 is 11.0 Å². The lowest BCUT2D eigenvalue weighted by Crippen LogP contribution is -2.43. The van der Waals surface area contributed by atoms with Crippen LogP contribution in [0.2, 0.25) is 0 Å². The summed E-state index contributed by atoms with van der Waals surface area (Å²) in [6, 6.07) is 10.4. The second kappa shape index (κ2) is 8.56. The molecule has 1 aliphatic heterocycles. The number of rotatable bonds is 5. The van der Waals surface area contributed by atoms with E-state index in [-0.39, 0.29) is 34.0 Å². The van der Waals surface area contributed by atoms with Crippen molar-refractivity contribution in [1.29, 1.82) is 0 Å². The van der Waals surface area contributed by atoms with Crippen LogP contribution in [0.1, 0.15) is 23.2 Å². The molecule has 0 bridgehead atoms. The van der Waals surface area contributed by atoms with Crippen molar-refractivity contribution in [2.24, 2.45) is 0 Å². The highest BCUT2D eigenvalue weighted by Crippen LogP contribution is 2.28. The zero-order valence-corrected chi connectivity index (χ0v) is 16.8. The van der Waals surface area contributed by atoms with E-state index in [1.165, 1.54) is 41.3 Å². The summed E-state index contributed by atoms with van der Waals surface area (Å²) in [5.74, 6) is -1.10. The van der Waals surface area contributed by atoms with Gasteiger partial charge < -0.3 is 4.90 Å². The summed E-state index contributed by atoms with van der Waals surface area (Å²) in [5.41, 5.74) is 0.843. The van der Waals surface area contributed by atoms with Crippen molar-refractivity contribution >= 4 is 34.0 Å². The molecule has 0 saturated carbocycles. The van der Waals surface area contributed by atoms with Gasteiger partial charge in [0.1, 0.15) is 16.9 Å². The maximum absolute atomic E-state index is 13.1. The predicted molar refractivity (Wildman–Crippen MR) is 111 cm³/mol. The second-order valence-electron chi connectivity index (χ2n) is 6.87. The number of non-ortho nitro benzene ring substituents is 1.